The van der Waals surface area contributed by atoms with Crippen molar-refractivity contribution in [1.82, 2.24) is 0 Å². The highest BCUT2D eigenvalue weighted by Gasteiger charge is 2.23. The number of rotatable bonds is 3. The minimum absolute atomic E-state index is 0.903. The van der Waals surface area contributed by atoms with Crippen molar-refractivity contribution in [2.24, 2.45) is 5.92 Å². The standard InChI is InChI=1S/C12H18/c1-4-5-6-7-10(2)11(3)12-8-9-12/h4-7,12H,8-9H2,1-3H3/b5-4-,7-6-,11-10-. The third kappa shape index (κ3) is 2.69. The highest BCUT2D eigenvalue weighted by Crippen LogP contribution is 2.37. The van der Waals surface area contributed by atoms with Crippen LogP contribution < -0.4 is 0 Å². The van der Waals surface area contributed by atoms with Crippen LogP contribution in [0.2, 0.25) is 0 Å². The van der Waals surface area contributed by atoms with Crippen LogP contribution in [0.3, 0.4) is 0 Å². The molecule has 1 aliphatic carbocycles. The average Bonchev–Trinajstić information content (AvgIpc) is 2.86. The normalized spacial score (nSPS) is 20.6. The topological polar surface area (TPSA) is 0 Å². The lowest BCUT2D eigenvalue weighted by Gasteiger charge is -1.99. The van der Waals surface area contributed by atoms with Crippen molar-refractivity contribution in [3.05, 3.63) is 35.5 Å². The van der Waals surface area contributed by atoms with E-state index in [2.05, 4.69) is 38.2 Å². The Balaban J connectivity index is 2.54. The van der Waals surface area contributed by atoms with Crippen molar-refractivity contribution < 1.29 is 0 Å². The summed E-state index contributed by atoms with van der Waals surface area (Å²) in [6.45, 7) is 6.50. The Morgan fingerprint density at radius 3 is 2.33 bits per heavy atom. The molecule has 0 amide bonds. The van der Waals surface area contributed by atoms with Crippen LogP contribution >= 0.6 is 0 Å². The number of hydrogen-bond donors (Lipinski definition) is 0. The molecular formula is C12H18. The summed E-state index contributed by atoms with van der Waals surface area (Å²) in [7, 11) is 0. The molecule has 0 aromatic carbocycles. The molecule has 0 unspecified atom stereocenters. The quantitative estimate of drug-likeness (QED) is 0.553. The molecule has 1 rings (SSSR count). The van der Waals surface area contributed by atoms with Crippen LogP contribution in [0.15, 0.2) is 35.5 Å². The second-order valence-corrected chi connectivity index (χ2v) is 3.53. The van der Waals surface area contributed by atoms with E-state index in [1.807, 2.05) is 6.92 Å². The average molecular weight is 162 g/mol. The summed E-state index contributed by atoms with van der Waals surface area (Å²) in [6.07, 6.45) is 11.2. The van der Waals surface area contributed by atoms with Crippen molar-refractivity contribution in [2.75, 3.05) is 0 Å². The smallest absolute Gasteiger partial charge is 0.0200 e. The zero-order valence-corrected chi connectivity index (χ0v) is 8.30. The third-order valence-corrected chi connectivity index (χ3v) is 2.46. The van der Waals surface area contributed by atoms with Crippen molar-refractivity contribution >= 4 is 0 Å². The second kappa shape index (κ2) is 4.30. The first-order chi connectivity index (χ1) is 5.75. The van der Waals surface area contributed by atoms with Gasteiger partial charge >= 0.3 is 0 Å². The number of allylic oxidation sites excluding steroid dienone is 6. The van der Waals surface area contributed by atoms with Gasteiger partial charge < -0.3 is 0 Å². The fourth-order valence-corrected chi connectivity index (χ4v) is 1.28. The molecule has 0 heterocycles. The maximum Gasteiger partial charge on any atom is -0.0200 e. The van der Waals surface area contributed by atoms with E-state index in [4.69, 9.17) is 0 Å². The van der Waals surface area contributed by atoms with Crippen molar-refractivity contribution in [3.8, 4) is 0 Å². The Morgan fingerprint density at radius 1 is 1.17 bits per heavy atom. The molecule has 0 saturated heterocycles. The van der Waals surface area contributed by atoms with Crippen LogP contribution in [-0.2, 0) is 0 Å². The summed E-state index contributed by atoms with van der Waals surface area (Å²) in [6, 6.07) is 0. The van der Waals surface area contributed by atoms with E-state index >= 15 is 0 Å². The van der Waals surface area contributed by atoms with Gasteiger partial charge in [0, 0.05) is 0 Å². The van der Waals surface area contributed by atoms with Gasteiger partial charge in [0.25, 0.3) is 0 Å². The summed E-state index contributed by atoms with van der Waals surface area (Å²) < 4.78 is 0. The van der Waals surface area contributed by atoms with E-state index < -0.39 is 0 Å². The SMILES string of the molecule is C\C=C/C=C\C(C)=C(\C)C1CC1. The molecule has 1 fully saturated rings. The van der Waals surface area contributed by atoms with Gasteiger partial charge in [0.15, 0.2) is 0 Å². The summed E-state index contributed by atoms with van der Waals surface area (Å²) in [5.74, 6) is 0.903. The van der Waals surface area contributed by atoms with Gasteiger partial charge in [0.05, 0.1) is 0 Å². The van der Waals surface area contributed by atoms with Gasteiger partial charge in [0.2, 0.25) is 0 Å². The molecule has 0 aromatic rings. The lowest BCUT2D eigenvalue weighted by Crippen LogP contribution is -1.82. The third-order valence-electron chi connectivity index (χ3n) is 2.46. The van der Waals surface area contributed by atoms with E-state index in [0.29, 0.717) is 0 Å². The summed E-state index contributed by atoms with van der Waals surface area (Å²) in [4.78, 5) is 0. The first kappa shape index (κ1) is 9.31. The fourth-order valence-electron chi connectivity index (χ4n) is 1.28. The summed E-state index contributed by atoms with van der Waals surface area (Å²) in [5.41, 5.74) is 3.02. The maximum absolute atomic E-state index is 2.26. The Bertz CT molecular complexity index is 224. The van der Waals surface area contributed by atoms with Crippen molar-refractivity contribution in [2.45, 2.75) is 33.6 Å². The summed E-state index contributed by atoms with van der Waals surface area (Å²) >= 11 is 0. The van der Waals surface area contributed by atoms with Crippen LogP contribution in [0, 0.1) is 5.92 Å². The molecule has 0 radical (unpaired) electrons. The second-order valence-electron chi connectivity index (χ2n) is 3.53. The molecule has 1 aliphatic rings. The first-order valence-corrected chi connectivity index (χ1v) is 4.72. The lowest BCUT2D eigenvalue weighted by atomic mass is 10.1. The minimum atomic E-state index is 0.903. The molecule has 0 heteroatoms. The highest BCUT2D eigenvalue weighted by atomic mass is 14.3. The predicted octanol–water partition coefficient (Wildman–Crippen LogP) is 3.87. The maximum atomic E-state index is 2.26. The molecule has 1 saturated carbocycles. The molecule has 0 spiro atoms. The van der Waals surface area contributed by atoms with E-state index in [-0.39, 0.29) is 0 Å². The highest BCUT2D eigenvalue weighted by molar-refractivity contribution is 5.28. The van der Waals surface area contributed by atoms with Gasteiger partial charge in [-0.15, -0.1) is 0 Å². The van der Waals surface area contributed by atoms with E-state index in [1.54, 1.807) is 5.57 Å². The Labute approximate surface area is 75.7 Å². The predicted molar refractivity (Wildman–Crippen MR) is 55.1 cm³/mol. The monoisotopic (exact) mass is 162 g/mol. The minimum Gasteiger partial charge on any atom is -0.0877 e. The Kier molecular flexibility index (Phi) is 3.33. The van der Waals surface area contributed by atoms with Gasteiger partial charge in [-0.25, -0.2) is 0 Å². The molecule has 12 heavy (non-hydrogen) atoms. The Hall–Kier alpha value is -0.780. The molecule has 66 valence electrons. The summed E-state index contributed by atoms with van der Waals surface area (Å²) in [5, 5.41) is 0. The fraction of sp³-hybridized carbons (Fsp3) is 0.500. The van der Waals surface area contributed by atoms with Crippen LogP contribution in [0.4, 0.5) is 0 Å². The van der Waals surface area contributed by atoms with Gasteiger partial charge in [-0.1, -0.05) is 35.5 Å². The van der Waals surface area contributed by atoms with Crippen LogP contribution in [-0.4, -0.2) is 0 Å². The molecule has 0 aromatic heterocycles. The zero-order valence-electron chi connectivity index (χ0n) is 8.30. The van der Waals surface area contributed by atoms with Crippen molar-refractivity contribution in [3.63, 3.8) is 0 Å². The van der Waals surface area contributed by atoms with E-state index in [1.165, 1.54) is 18.4 Å². The molecule has 0 atom stereocenters. The largest absolute Gasteiger partial charge is 0.0877 e. The lowest BCUT2D eigenvalue weighted by molar-refractivity contribution is 0.984. The van der Waals surface area contributed by atoms with Gasteiger partial charge in [0.1, 0.15) is 0 Å². The number of hydrogen-bond acceptors (Lipinski definition) is 0. The molecular weight excluding hydrogens is 144 g/mol. The first-order valence-electron chi connectivity index (χ1n) is 4.72. The molecule has 0 aliphatic heterocycles. The molecule has 0 N–H and O–H groups in total. The van der Waals surface area contributed by atoms with Crippen LogP contribution in [0.5, 0.6) is 0 Å². The zero-order chi connectivity index (χ0) is 8.97. The van der Waals surface area contributed by atoms with Crippen molar-refractivity contribution in [1.29, 1.82) is 0 Å². The van der Waals surface area contributed by atoms with E-state index in [9.17, 15) is 0 Å². The van der Waals surface area contributed by atoms with Crippen LogP contribution in [0.1, 0.15) is 33.6 Å². The van der Waals surface area contributed by atoms with E-state index in [0.717, 1.165) is 5.92 Å². The molecule has 0 bridgehead atoms. The van der Waals surface area contributed by atoms with Gasteiger partial charge in [-0.3, -0.25) is 0 Å². The molecule has 0 nitrogen and oxygen atoms in total. The van der Waals surface area contributed by atoms with Gasteiger partial charge in [-0.2, -0.15) is 0 Å². The van der Waals surface area contributed by atoms with Gasteiger partial charge in [-0.05, 0) is 39.5 Å². The Morgan fingerprint density at radius 2 is 1.83 bits per heavy atom. The van der Waals surface area contributed by atoms with Crippen LogP contribution in [0.25, 0.3) is 0 Å².